The molecule has 1 aliphatic heterocycles. The lowest BCUT2D eigenvalue weighted by molar-refractivity contribution is -0.122. The Labute approximate surface area is 149 Å². The summed E-state index contributed by atoms with van der Waals surface area (Å²) >= 11 is 0. The van der Waals surface area contributed by atoms with E-state index >= 15 is 0 Å². The maximum absolute atomic E-state index is 12.9. The molecule has 2 N–H and O–H groups in total. The van der Waals surface area contributed by atoms with E-state index in [-0.39, 0.29) is 11.8 Å². The first-order valence-corrected chi connectivity index (χ1v) is 8.77. The summed E-state index contributed by atoms with van der Waals surface area (Å²) in [5.41, 5.74) is 1.86. The van der Waals surface area contributed by atoms with E-state index in [1.54, 1.807) is 6.08 Å². The number of nitrogens with one attached hydrogen (secondary N) is 2. The van der Waals surface area contributed by atoms with Crippen LogP contribution in [0.25, 0.3) is 0 Å². The zero-order chi connectivity index (χ0) is 18.1. The summed E-state index contributed by atoms with van der Waals surface area (Å²) in [6.07, 6.45) is 2.50. The van der Waals surface area contributed by atoms with Crippen LogP contribution >= 0.6 is 0 Å². The van der Waals surface area contributed by atoms with Crippen LogP contribution in [-0.4, -0.2) is 74.5 Å². The SMILES string of the molecule is C=CCNC(=O)CN1CCN(C(=O)c2ccccc2CCNC)CC1. The lowest BCUT2D eigenvalue weighted by Crippen LogP contribution is -2.51. The van der Waals surface area contributed by atoms with E-state index in [9.17, 15) is 9.59 Å². The van der Waals surface area contributed by atoms with Crippen molar-refractivity contribution < 1.29 is 9.59 Å². The van der Waals surface area contributed by atoms with Gasteiger partial charge in [-0.3, -0.25) is 14.5 Å². The monoisotopic (exact) mass is 344 g/mol. The highest BCUT2D eigenvalue weighted by atomic mass is 16.2. The van der Waals surface area contributed by atoms with Crippen LogP contribution in [0.1, 0.15) is 15.9 Å². The van der Waals surface area contributed by atoms with Gasteiger partial charge in [0.05, 0.1) is 6.54 Å². The number of hydrogen-bond acceptors (Lipinski definition) is 4. The Kier molecular flexibility index (Phi) is 7.63. The zero-order valence-electron chi connectivity index (χ0n) is 15.0. The molecule has 1 saturated heterocycles. The minimum atomic E-state index is -0.00270. The third-order valence-corrected chi connectivity index (χ3v) is 4.36. The third-order valence-electron chi connectivity index (χ3n) is 4.36. The molecule has 0 spiro atoms. The third kappa shape index (κ3) is 5.69. The number of carbonyl (C=O) groups excluding carboxylic acids is 2. The van der Waals surface area contributed by atoms with Crippen LogP contribution in [0.4, 0.5) is 0 Å². The lowest BCUT2D eigenvalue weighted by Gasteiger charge is -2.34. The molecule has 0 saturated carbocycles. The number of carbonyl (C=O) groups is 2. The number of benzene rings is 1. The molecule has 1 aliphatic rings. The van der Waals surface area contributed by atoms with E-state index in [0.29, 0.717) is 39.3 Å². The van der Waals surface area contributed by atoms with Crippen molar-refractivity contribution in [2.24, 2.45) is 0 Å². The van der Waals surface area contributed by atoms with Crippen molar-refractivity contribution in [1.82, 2.24) is 20.4 Å². The molecule has 1 aromatic carbocycles. The number of amides is 2. The van der Waals surface area contributed by atoms with Crippen LogP contribution < -0.4 is 10.6 Å². The highest BCUT2D eigenvalue weighted by molar-refractivity contribution is 5.95. The Morgan fingerprint density at radius 1 is 1.20 bits per heavy atom. The van der Waals surface area contributed by atoms with Gasteiger partial charge in [-0.25, -0.2) is 0 Å². The first-order chi connectivity index (χ1) is 12.2. The minimum Gasteiger partial charge on any atom is -0.352 e. The molecular weight excluding hydrogens is 316 g/mol. The quantitative estimate of drug-likeness (QED) is 0.675. The fourth-order valence-electron chi connectivity index (χ4n) is 2.93. The summed E-state index contributed by atoms with van der Waals surface area (Å²) in [6, 6.07) is 7.81. The predicted octanol–water partition coefficient (Wildman–Crippen LogP) is 0.509. The maximum atomic E-state index is 12.9. The summed E-state index contributed by atoms with van der Waals surface area (Å²) in [7, 11) is 1.91. The zero-order valence-corrected chi connectivity index (χ0v) is 15.0. The first-order valence-electron chi connectivity index (χ1n) is 8.77. The van der Waals surface area contributed by atoms with Crippen molar-refractivity contribution in [3.8, 4) is 0 Å². The van der Waals surface area contributed by atoms with E-state index in [1.807, 2.05) is 36.2 Å². The Hall–Kier alpha value is -2.18. The van der Waals surface area contributed by atoms with Gasteiger partial charge >= 0.3 is 0 Å². The molecule has 6 heteroatoms. The van der Waals surface area contributed by atoms with Crippen molar-refractivity contribution in [3.05, 3.63) is 48.0 Å². The molecule has 0 atom stereocenters. The standard InChI is InChI=1S/C19H28N4O2/c1-3-9-21-18(24)15-22-11-13-23(14-12-22)19(25)17-7-5-4-6-16(17)8-10-20-2/h3-7,20H,1,8-15H2,2H3,(H,21,24). The average Bonchev–Trinajstić information content (AvgIpc) is 2.65. The fraction of sp³-hybridized carbons (Fsp3) is 0.474. The highest BCUT2D eigenvalue weighted by Crippen LogP contribution is 2.14. The first kappa shape index (κ1) is 19.1. The van der Waals surface area contributed by atoms with E-state index in [0.717, 1.165) is 24.1 Å². The van der Waals surface area contributed by atoms with Gasteiger partial charge in [-0.15, -0.1) is 6.58 Å². The fourth-order valence-corrected chi connectivity index (χ4v) is 2.93. The molecule has 25 heavy (non-hydrogen) atoms. The smallest absolute Gasteiger partial charge is 0.254 e. The second-order valence-electron chi connectivity index (χ2n) is 6.17. The molecular formula is C19H28N4O2. The summed E-state index contributed by atoms with van der Waals surface area (Å²) in [6.45, 7) is 8.01. The molecule has 2 rings (SSSR count). The van der Waals surface area contributed by atoms with Gasteiger partial charge in [-0.05, 0) is 31.6 Å². The molecule has 0 radical (unpaired) electrons. The molecule has 6 nitrogen and oxygen atoms in total. The van der Waals surface area contributed by atoms with Crippen molar-refractivity contribution >= 4 is 11.8 Å². The van der Waals surface area contributed by atoms with Crippen molar-refractivity contribution in [2.75, 3.05) is 52.9 Å². The minimum absolute atomic E-state index is 0.00270. The van der Waals surface area contributed by atoms with Gasteiger partial charge in [-0.2, -0.15) is 0 Å². The second kappa shape index (κ2) is 9.96. The summed E-state index contributed by atoms with van der Waals surface area (Å²) in [4.78, 5) is 28.6. The Morgan fingerprint density at radius 3 is 2.60 bits per heavy atom. The van der Waals surface area contributed by atoms with Crippen LogP contribution in [0, 0.1) is 0 Å². The molecule has 0 aliphatic carbocycles. The number of piperazine rings is 1. The van der Waals surface area contributed by atoms with Crippen LogP contribution in [0.5, 0.6) is 0 Å². The molecule has 0 aromatic heterocycles. The normalized spacial score (nSPS) is 15.0. The summed E-state index contributed by atoms with van der Waals surface area (Å²) in [5, 5.41) is 5.91. The number of hydrogen-bond donors (Lipinski definition) is 2. The number of rotatable bonds is 8. The predicted molar refractivity (Wildman–Crippen MR) is 99.6 cm³/mol. The van der Waals surface area contributed by atoms with Gasteiger partial charge in [0.25, 0.3) is 5.91 Å². The van der Waals surface area contributed by atoms with E-state index in [1.165, 1.54) is 0 Å². The van der Waals surface area contributed by atoms with Crippen LogP contribution in [0.3, 0.4) is 0 Å². The Morgan fingerprint density at radius 2 is 1.92 bits per heavy atom. The van der Waals surface area contributed by atoms with Crippen molar-refractivity contribution in [2.45, 2.75) is 6.42 Å². The van der Waals surface area contributed by atoms with Gasteiger partial charge in [0.1, 0.15) is 0 Å². The molecule has 1 aromatic rings. The van der Waals surface area contributed by atoms with Gasteiger partial charge in [0.15, 0.2) is 0 Å². The van der Waals surface area contributed by atoms with Crippen LogP contribution in [-0.2, 0) is 11.2 Å². The Bertz CT molecular complexity index is 595. The van der Waals surface area contributed by atoms with Crippen LogP contribution in [0.15, 0.2) is 36.9 Å². The second-order valence-corrected chi connectivity index (χ2v) is 6.17. The van der Waals surface area contributed by atoms with Crippen LogP contribution in [0.2, 0.25) is 0 Å². The largest absolute Gasteiger partial charge is 0.352 e. The highest BCUT2D eigenvalue weighted by Gasteiger charge is 2.24. The lowest BCUT2D eigenvalue weighted by atomic mass is 10.0. The van der Waals surface area contributed by atoms with Gasteiger partial charge in [0, 0.05) is 38.3 Å². The molecule has 2 amide bonds. The summed E-state index contributed by atoms with van der Waals surface area (Å²) < 4.78 is 0. The maximum Gasteiger partial charge on any atom is 0.254 e. The molecule has 1 fully saturated rings. The number of nitrogens with zero attached hydrogens (tertiary/aromatic N) is 2. The Balaban J connectivity index is 1.89. The van der Waals surface area contributed by atoms with E-state index < -0.39 is 0 Å². The molecule has 136 valence electrons. The molecule has 0 unspecified atom stereocenters. The van der Waals surface area contributed by atoms with Crippen molar-refractivity contribution in [3.63, 3.8) is 0 Å². The molecule has 0 bridgehead atoms. The number of likely N-dealkylation sites (N-methyl/N-ethyl adjacent to an activating group) is 1. The topological polar surface area (TPSA) is 64.7 Å². The van der Waals surface area contributed by atoms with Gasteiger partial charge in [-0.1, -0.05) is 24.3 Å². The van der Waals surface area contributed by atoms with Gasteiger partial charge in [0.2, 0.25) is 5.91 Å². The van der Waals surface area contributed by atoms with Gasteiger partial charge < -0.3 is 15.5 Å². The van der Waals surface area contributed by atoms with E-state index in [2.05, 4.69) is 22.1 Å². The van der Waals surface area contributed by atoms with Crippen molar-refractivity contribution in [1.29, 1.82) is 0 Å². The molecule has 1 heterocycles. The van der Waals surface area contributed by atoms with E-state index in [4.69, 9.17) is 0 Å². The summed E-state index contributed by atoms with van der Waals surface area (Å²) in [5.74, 6) is 0.0829. The average molecular weight is 344 g/mol.